The van der Waals surface area contributed by atoms with E-state index < -0.39 is 29.0 Å². The standard InChI is InChI=1S/C18H32O5Si2/c1-24(2,3)22-15-13-21-18(19)17(23-25(4,5)6)16(15)20-12-14-10-8-7-9-11-14/h7-11,15-19H,12-13H2,1-6H3/t15-,16-,17+,18-/m0/s1. The molecule has 0 bridgehead atoms. The van der Waals surface area contributed by atoms with Gasteiger partial charge in [-0.05, 0) is 44.8 Å². The van der Waals surface area contributed by atoms with Crippen LogP contribution in [0.15, 0.2) is 30.3 Å². The Hall–Kier alpha value is -0.546. The molecule has 7 heteroatoms. The van der Waals surface area contributed by atoms with Crippen LogP contribution < -0.4 is 0 Å². The summed E-state index contributed by atoms with van der Waals surface area (Å²) in [6.07, 6.45) is -2.12. The molecule has 0 unspecified atom stereocenters. The van der Waals surface area contributed by atoms with Crippen molar-refractivity contribution in [1.29, 1.82) is 0 Å². The summed E-state index contributed by atoms with van der Waals surface area (Å²) in [5, 5.41) is 10.4. The molecule has 1 aliphatic heterocycles. The van der Waals surface area contributed by atoms with Gasteiger partial charge in [0.05, 0.1) is 19.3 Å². The number of hydrogen-bond acceptors (Lipinski definition) is 5. The molecule has 1 aromatic carbocycles. The second-order valence-corrected chi connectivity index (χ2v) is 17.4. The van der Waals surface area contributed by atoms with Crippen LogP contribution in [-0.4, -0.2) is 53.0 Å². The molecule has 0 amide bonds. The van der Waals surface area contributed by atoms with Gasteiger partial charge in [-0.25, -0.2) is 0 Å². The van der Waals surface area contributed by atoms with Crippen LogP contribution in [0, 0.1) is 0 Å². The van der Waals surface area contributed by atoms with Crippen molar-refractivity contribution < 1.29 is 23.4 Å². The number of aliphatic hydroxyl groups is 1. The maximum absolute atomic E-state index is 10.4. The lowest BCUT2D eigenvalue weighted by atomic mass is 10.1. The largest absolute Gasteiger partial charge is 0.410 e. The van der Waals surface area contributed by atoms with Crippen molar-refractivity contribution in [2.24, 2.45) is 0 Å². The molecular weight excluding hydrogens is 352 g/mol. The molecule has 0 spiro atoms. The number of benzene rings is 1. The Labute approximate surface area is 153 Å². The summed E-state index contributed by atoms with van der Waals surface area (Å²) in [5.74, 6) is 0. The first-order valence-corrected chi connectivity index (χ1v) is 15.7. The van der Waals surface area contributed by atoms with Gasteiger partial charge >= 0.3 is 0 Å². The van der Waals surface area contributed by atoms with Gasteiger partial charge in [-0.1, -0.05) is 30.3 Å². The first-order chi connectivity index (χ1) is 11.6. The fourth-order valence-corrected chi connectivity index (χ4v) is 4.99. The third kappa shape index (κ3) is 6.93. The Bertz CT molecular complexity index is 527. The van der Waals surface area contributed by atoms with E-state index in [9.17, 15) is 5.11 Å². The van der Waals surface area contributed by atoms with Gasteiger partial charge in [0.2, 0.25) is 0 Å². The molecule has 0 aromatic heterocycles. The minimum atomic E-state index is -1.89. The molecule has 2 rings (SSSR count). The lowest BCUT2D eigenvalue weighted by molar-refractivity contribution is -0.256. The van der Waals surface area contributed by atoms with Gasteiger partial charge in [0, 0.05) is 0 Å². The van der Waals surface area contributed by atoms with Crippen molar-refractivity contribution in [2.75, 3.05) is 6.61 Å². The van der Waals surface area contributed by atoms with E-state index in [2.05, 4.69) is 39.3 Å². The Morgan fingerprint density at radius 2 is 1.56 bits per heavy atom. The number of hydrogen-bond donors (Lipinski definition) is 1. The van der Waals surface area contributed by atoms with Crippen LogP contribution in [0.2, 0.25) is 39.3 Å². The maximum atomic E-state index is 10.4. The Morgan fingerprint density at radius 1 is 0.960 bits per heavy atom. The van der Waals surface area contributed by atoms with E-state index in [0.29, 0.717) is 13.2 Å². The van der Waals surface area contributed by atoms with E-state index >= 15 is 0 Å². The molecular formula is C18H32O5Si2. The highest BCUT2D eigenvalue weighted by atomic mass is 28.4. The van der Waals surface area contributed by atoms with E-state index in [1.165, 1.54) is 0 Å². The highest BCUT2D eigenvalue weighted by molar-refractivity contribution is 6.70. The molecule has 4 atom stereocenters. The molecule has 1 aliphatic rings. The normalized spacial score (nSPS) is 28.1. The van der Waals surface area contributed by atoms with Crippen LogP contribution in [-0.2, 0) is 24.9 Å². The summed E-state index contributed by atoms with van der Waals surface area (Å²) >= 11 is 0. The molecule has 142 valence electrons. The predicted molar refractivity (Wildman–Crippen MR) is 103 cm³/mol. The van der Waals surface area contributed by atoms with Gasteiger partial charge in [0.1, 0.15) is 12.2 Å². The maximum Gasteiger partial charge on any atom is 0.184 e. The fourth-order valence-electron chi connectivity index (χ4n) is 2.81. The average Bonchev–Trinajstić information content (AvgIpc) is 2.48. The minimum Gasteiger partial charge on any atom is -0.410 e. The van der Waals surface area contributed by atoms with Crippen molar-refractivity contribution in [2.45, 2.75) is 70.5 Å². The molecule has 1 fully saturated rings. The summed E-state index contributed by atoms with van der Waals surface area (Å²) in [5.41, 5.74) is 1.09. The molecule has 5 nitrogen and oxygen atoms in total. The molecule has 1 heterocycles. The molecule has 0 radical (unpaired) electrons. The fraction of sp³-hybridized carbons (Fsp3) is 0.667. The lowest BCUT2D eigenvalue weighted by Crippen LogP contribution is -2.60. The van der Waals surface area contributed by atoms with Crippen LogP contribution >= 0.6 is 0 Å². The summed E-state index contributed by atoms with van der Waals surface area (Å²) in [6.45, 7) is 13.5. The number of aliphatic hydroxyl groups excluding tert-OH is 1. The second kappa shape index (κ2) is 8.43. The highest BCUT2D eigenvalue weighted by Crippen LogP contribution is 2.28. The smallest absolute Gasteiger partial charge is 0.184 e. The molecule has 1 N–H and O–H groups in total. The number of rotatable bonds is 7. The zero-order valence-electron chi connectivity index (χ0n) is 16.2. The van der Waals surface area contributed by atoms with Gasteiger partial charge in [-0.15, -0.1) is 0 Å². The van der Waals surface area contributed by atoms with Crippen molar-refractivity contribution in [3.05, 3.63) is 35.9 Å². The summed E-state index contributed by atoms with van der Waals surface area (Å²) in [4.78, 5) is 0. The van der Waals surface area contributed by atoms with Crippen LogP contribution in [0.25, 0.3) is 0 Å². The SMILES string of the molecule is C[Si](C)(C)O[C@@H]1[C@@H](OCc2ccccc2)[C@@H](O[Si](C)(C)C)CO[C@@H]1O. The average molecular weight is 385 g/mol. The van der Waals surface area contributed by atoms with Gasteiger partial charge in [0.15, 0.2) is 22.9 Å². The summed E-state index contributed by atoms with van der Waals surface area (Å²) in [7, 11) is -3.68. The predicted octanol–water partition coefficient (Wildman–Crippen LogP) is 3.36. The zero-order valence-corrected chi connectivity index (χ0v) is 18.2. The first kappa shape index (κ1) is 20.8. The second-order valence-electron chi connectivity index (χ2n) is 8.45. The van der Waals surface area contributed by atoms with E-state index in [-0.39, 0.29) is 12.2 Å². The van der Waals surface area contributed by atoms with Crippen LogP contribution in [0.3, 0.4) is 0 Å². The quantitative estimate of drug-likeness (QED) is 0.731. The Kier molecular flexibility index (Phi) is 7.00. The van der Waals surface area contributed by atoms with Gasteiger partial charge in [-0.2, -0.15) is 0 Å². The Balaban J connectivity index is 2.17. The summed E-state index contributed by atoms with van der Waals surface area (Å²) in [6, 6.07) is 10.0. The van der Waals surface area contributed by atoms with E-state index in [1.54, 1.807) is 0 Å². The van der Waals surface area contributed by atoms with Crippen molar-refractivity contribution in [3.8, 4) is 0 Å². The Morgan fingerprint density at radius 3 is 2.12 bits per heavy atom. The van der Waals surface area contributed by atoms with Crippen molar-refractivity contribution in [1.82, 2.24) is 0 Å². The van der Waals surface area contributed by atoms with Gasteiger partial charge in [-0.3, -0.25) is 0 Å². The minimum absolute atomic E-state index is 0.236. The third-order valence-corrected chi connectivity index (χ3v) is 5.67. The topological polar surface area (TPSA) is 57.2 Å². The third-order valence-electron chi connectivity index (χ3n) is 3.68. The number of ether oxygens (including phenoxy) is 2. The van der Waals surface area contributed by atoms with Crippen LogP contribution in [0.5, 0.6) is 0 Å². The van der Waals surface area contributed by atoms with E-state index in [0.717, 1.165) is 5.56 Å². The van der Waals surface area contributed by atoms with Gasteiger partial charge in [0.25, 0.3) is 0 Å². The monoisotopic (exact) mass is 384 g/mol. The van der Waals surface area contributed by atoms with E-state index in [4.69, 9.17) is 18.3 Å². The van der Waals surface area contributed by atoms with Crippen molar-refractivity contribution in [3.63, 3.8) is 0 Å². The molecule has 0 aliphatic carbocycles. The first-order valence-electron chi connectivity index (χ1n) is 8.86. The highest BCUT2D eigenvalue weighted by Gasteiger charge is 2.45. The van der Waals surface area contributed by atoms with E-state index in [1.807, 2.05) is 30.3 Å². The van der Waals surface area contributed by atoms with Crippen LogP contribution in [0.1, 0.15) is 5.56 Å². The lowest BCUT2D eigenvalue weighted by Gasteiger charge is -2.44. The molecule has 1 aromatic rings. The molecule has 0 saturated carbocycles. The summed E-state index contributed by atoms with van der Waals surface area (Å²) < 4.78 is 24.3. The zero-order chi connectivity index (χ0) is 18.7. The van der Waals surface area contributed by atoms with Crippen molar-refractivity contribution >= 4 is 16.6 Å². The van der Waals surface area contributed by atoms with Gasteiger partial charge < -0.3 is 23.4 Å². The van der Waals surface area contributed by atoms with Crippen LogP contribution in [0.4, 0.5) is 0 Å². The molecule has 1 saturated heterocycles. The molecule has 25 heavy (non-hydrogen) atoms.